The van der Waals surface area contributed by atoms with E-state index in [9.17, 15) is 14.4 Å². The van der Waals surface area contributed by atoms with Crippen LogP contribution in [-0.4, -0.2) is 62.4 Å². The first-order valence-corrected chi connectivity index (χ1v) is 11.5. The first-order chi connectivity index (χ1) is 16.0. The topological polar surface area (TPSA) is 129 Å². The second-order valence-corrected chi connectivity index (χ2v) is 9.00. The van der Waals surface area contributed by atoms with Crippen LogP contribution >= 0.6 is 11.8 Å². The van der Waals surface area contributed by atoms with Crippen LogP contribution in [0.25, 0.3) is 11.0 Å². The molecule has 2 aliphatic heterocycles. The summed E-state index contributed by atoms with van der Waals surface area (Å²) in [6.07, 6.45) is 4.09. The zero-order valence-electron chi connectivity index (χ0n) is 18.3. The van der Waals surface area contributed by atoms with E-state index < -0.39 is 0 Å². The monoisotopic (exact) mass is 468 g/mol. The third-order valence-electron chi connectivity index (χ3n) is 5.31. The third-order valence-corrected chi connectivity index (χ3v) is 6.48. The number of carbonyl (C=O) groups is 3. The van der Waals surface area contributed by atoms with E-state index in [4.69, 9.17) is 4.74 Å². The molecule has 1 unspecified atom stereocenters. The summed E-state index contributed by atoms with van der Waals surface area (Å²) in [4.78, 5) is 47.1. The molecular weight excluding hydrogens is 444 g/mol. The maximum absolute atomic E-state index is 12.5. The smallest absolute Gasteiger partial charge is 0.272 e. The number of anilines is 1. The van der Waals surface area contributed by atoms with E-state index in [1.165, 1.54) is 6.33 Å². The van der Waals surface area contributed by atoms with Crippen LogP contribution in [0.2, 0.25) is 0 Å². The van der Waals surface area contributed by atoms with Gasteiger partial charge in [-0.05, 0) is 37.1 Å². The van der Waals surface area contributed by atoms with Crippen molar-refractivity contribution in [1.29, 1.82) is 0 Å². The number of hydrogen-bond donors (Lipinski definition) is 3. The highest BCUT2D eigenvalue weighted by Crippen LogP contribution is 2.28. The van der Waals surface area contributed by atoms with Crippen molar-refractivity contribution < 1.29 is 19.1 Å². The number of rotatable bonds is 4. The van der Waals surface area contributed by atoms with Gasteiger partial charge < -0.3 is 25.3 Å². The molecule has 0 spiro atoms. The minimum atomic E-state index is -0.299. The molecule has 1 atom stereocenters. The number of hydrogen-bond acceptors (Lipinski definition) is 7. The van der Waals surface area contributed by atoms with E-state index in [-0.39, 0.29) is 18.4 Å². The number of aromatic nitrogens is 3. The molecule has 2 aliphatic rings. The molecule has 5 rings (SSSR count). The zero-order chi connectivity index (χ0) is 23.4. The molecule has 0 radical (unpaired) electrons. The summed E-state index contributed by atoms with van der Waals surface area (Å²) in [6, 6.07) is 5.39. The quantitative estimate of drug-likeness (QED) is 0.500. The van der Waals surface area contributed by atoms with Crippen molar-refractivity contribution in [3.8, 4) is 5.75 Å². The van der Waals surface area contributed by atoms with E-state index in [0.717, 1.165) is 35.4 Å². The lowest BCUT2D eigenvalue weighted by molar-refractivity contribution is -0.119. The van der Waals surface area contributed by atoms with Crippen molar-refractivity contribution in [2.45, 2.75) is 25.8 Å². The van der Waals surface area contributed by atoms with Crippen molar-refractivity contribution in [3.05, 3.63) is 47.5 Å². The van der Waals surface area contributed by atoms with Gasteiger partial charge in [0, 0.05) is 25.0 Å². The number of thioether (sulfide) groups is 1. The van der Waals surface area contributed by atoms with Gasteiger partial charge >= 0.3 is 0 Å². The average Bonchev–Trinajstić information content (AvgIpc) is 3.42. The summed E-state index contributed by atoms with van der Waals surface area (Å²) >= 11 is 1.82. The summed E-state index contributed by atoms with van der Waals surface area (Å²) in [5.74, 6) is 1.22. The fourth-order valence-electron chi connectivity index (χ4n) is 3.49. The Balaban J connectivity index is 0.000000275. The molecule has 1 aromatic carbocycles. The van der Waals surface area contributed by atoms with E-state index in [1.807, 2.05) is 36.6 Å². The number of nitrogens with one attached hydrogen (secondary N) is 3. The Kier molecular flexibility index (Phi) is 6.78. The van der Waals surface area contributed by atoms with Gasteiger partial charge in [0.1, 0.15) is 12.1 Å². The van der Waals surface area contributed by atoms with Crippen molar-refractivity contribution in [1.82, 2.24) is 25.2 Å². The van der Waals surface area contributed by atoms with Crippen molar-refractivity contribution in [2.75, 3.05) is 24.2 Å². The number of aromatic amines is 1. The molecule has 1 fully saturated rings. The maximum Gasteiger partial charge on any atom is 0.272 e. The van der Waals surface area contributed by atoms with E-state index in [2.05, 4.69) is 25.6 Å². The van der Waals surface area contributed by atoms with Crippen LogP contribution in [0.15, 0.2) is 30.7 Å². The normalized spacial score (nSPS) is 16.8. The summed E-state index contributed by atoms with van der Waals surface area (Å²) < 4.78 is 5.32. The molecule has 0 aliphatic carbocycles. The molecule has 3 N–H and O–H groups in total. The van der Waals surface area contributed by atoms with Gasteiger partial charge in [-0.2, -0.15) is 0 Å². The lowest BCUT2D eigenvalue weighted by Crippen LogP contribution is -2.26. The molecule has 1 saturated heterocycles. The Morgan fingerprint density at radius 1 is 1.39 bits per heavy atom. The van der Waals surface area contributed by atoms with Gasteiger partial charge in [0.15, 0.2) is 12.3 Å². The lowest BCUT2D eigenvalue weighted by atomic mass is 10.1. The van der Waals surface area contributed by atoms with Crippen LogP contribution < -0.4 is 15.4 Å². The van der Waals surface area contributed by atoms with Gasteiger partial charge in [-0.1, -0.05) is 6.07 Å². The molecule has 2 aromatic heterocycles. The van der Waals surface area contributed by atoms with Crippen LogP contribution in [-0.2, 0) is 16.1 Å². The van der Waals surface area contributed by atoms with Crippen LogP contribution in [0, 0.1) is 6.92 Å². The Morgan fingerprint density at radius 3 is 2.97 bits per heavy atom. The van der Waals surface area contributed by atoms with Gasteiger partial charge in [0.25, 0.3) is 11.8 Å². The zero-order valence-corrected chi connectivity index (χ0v) is 19.1. The summed E-state index contributed by atoms with van der Waals surface area (Å²) in [6.45, 7) is 5.20. The Labute approximate surface area is 194 Å². The largest absolute Gasteiger partial charge is 0.482 e. The number of amides is 3. The average molecular weight is 469 g/mol. The van der Waals surface area contributed by atoms with Crippen LogP contribution in [0.4, 0.5) is 5.69 Å². The van der Waals surface area contributed by atoms with E-state index in [0.29, 0.717) is 34.6 Å². The van der Waals surface area contributed by atoms with E-state index in [1.54, 1.807) is 18.3 Å². The molecule has 0 bridgehead atoms. The molecule has 0 saturated carbocycles. The Bertz CT molecular complexity index is 1200. The number of fused-ring (bicyclic) bond motifs is 2. The summed E-state index contributed by atoms with van der Waals surface area (Å²) in [7, 11) is 0. The predicted octanol–water partition coefficient (Wildman–Crippen LogP) is 2.06. The number of carbonyl (C=O) groups excluding carboxylic acids is 3. The summed E-state index contributed by atoms with van der Waals surface area (Å²) in [5, 5.41) is 5.99. The second kappa shape index (κ2) is 9.90. The number of ether oxygens (including phenoxy) is 1. The Morgan fingerprint density at radius 2 is 2.24 bits per heavy atom. The van der Waals surface area contributed by atoms with Crippen molar-refractivity contribution >= 4 is 46.7 Å². The van der Waals surface area contributed by atoms with Crippen LogP contribution in [0.3, 0.4) is 0 Å². The number of aryl methyl sites for hydroxylation is 1. The fraction of sp³-hybridized carbons (Fsp3) is 0.318. The Hall–Kier alpha value is -3.60. The van der Waals surface area contributed by atoms with Gasteiger partial charge in [0.2, 0.25) is 6.41 Å². The van der Waals surface area contributed by atoms with E-state index >= 15 is 0 Å². The van der Waals surface area contributed by atoms with Crippen LogP contribution in [0.1, 0.15) is 28.5 Å². The third kappa shape index (κ3) is 5.08. The highest BCUT2D eigenvalue weighted by atomic mass is 32.2. The molecule has 10 nitrogen and oxygen atoms in total. The number of H-pyrrole nitrogens is 1. The highest BCUT2D eigenvalue weighted by Gasteiger charge is 2.18. The van der Waals surface area contributed by atoms with Crippen molar-refractivity contribution in [2.24, 2.45) is 0 Å². The van der Waals surface area contributed by atoms with Gasteiger partial charge in [0.05, 0.1) is 22.1 Å². The molecule has 3 amide bonds. The van der Waals surface area contributed by atoms with Gasteiger partial charge in [-0.25, -0.2) is 9.97 Å². The SMILES string of the molecule is CC1SCCN1C=O.Cc1c[nH]c2c(C(=O)NCc3ccc4c(c3)NC(=O)CO4)ncnc12. The minimum absolute atomic E-state index is 0.0162. The summed E-state index contributed by atoms with van der Waals surface area (Å²) in [5.41, 5.74) is 4.04. The fourth-order valence-corrected chi connectivity index (χ4v) is 4.50. The van der Waals surface area contributed by atoms with Gasteiger partial charge in [-0.15, -0.1) is 11.8 Å². The predicted molar refractivity (Wildman–Crippen MR) is 125 cm³/mol. The lowest BCUT2D eigenvalue weighted by Gasteiger charge is -2.18. The highest BCUT2D eigenvalue weighted by molar-refractivity contribution is 8.00. The molecule has 4 heterocycles. The molecule has 33 heavy (non-hydrogen) atoms. The van der Waals surface area contributed by atoms with Crippen LogP contribution in [0.5, 0.6) is 5.75 Å². The number of benzene rings is 1. The maximum atomic E-state index is 12.5. The molecule has 3 aromatic rings. The second-order valence-electron chi connectivity index (χ2n) is 7.58. The molecule has 172 valence electrons. The first-order valence-electron chi connectivity index (χ1n) is 10.4. The molecular formula is C22H24N6O4S. The first kappa shape index (κ1) is 22.6. The standard InChI is InChI=1S/C17H15N5O3.C5H9NOS/c1-9-5-18-15-14(9)20-8-21-16(15)17(24)19-6-10-2-3-12-11(4-10)22-13(23)7-25-12;1-5-6(4-7)2-3-8-5/h2-5,8,18H,6-7H2,1H3,(H,19,24)(H,22,23);4-5H,2-3H2,1H3. The van der Waals surface area contributed by atoms with Gasteiger partial charge in [-0.3, -0.25) is 14.4 Å². The minimum Gasteiger partial charge on any atom is -0.482 e. The van der Waals surface area contributed by atoms with Crippen molar-refractivity contribution in [3.63, 3.8) is 0 Å². The number of nitrogens with zero attached hydrogens (tertiary/aromatic N) is 3. The molecule has 11 heteroatoms.